The molecule has 2 saturated heterocycles. The number of aliphatic hydroxyl groups is 1. The Morgan fingerprint density at radius 3 is 2.62 bits per heavy atom. The minimum Gasteiger partial charge on any atom is -0.395 e. The van der Waals surface area contributed by atoms with Gasteiger partial charge in [0.2, 0.25) is 0 Å². The van der Waals surface area contributed by atoms with Gasteiger partial charge in [0.15, 0.2) is 0 Å². The van der Waals surface area contributed by atoms with E-state index in [-0.39, 0.29) is 0 Å². The van der Waals surface area contributed by atoms with Gasteiger partial charge in [-0.05, 0) is 38.9 Å². The normalized spacial score (nSPS) is 29.4. The lowest BCUT2D eigenvalue weighted by Gasteiger charge is -2.24. The van der Waals surface area contributed by atoms with Crippen molar-refractivity contribution in [2.75, 3.05) is 52.4 Å². The van der Waals surface area contributed by atoms with Gasteiger partial charge in [0.1, 0.15) is 0 Å². The standard InChI is InChI=1S/C12H25N3O/c16-10-9-14-5-2-6-15(8-7-14)11-12-3-1-4-13-12/h12-13,16H,1-11H2. The number of β-amino-alcohol motifs (C(OH)–C–C–N with tert-alkyl or cyclic N) is 1. The number of nitrogens with one attached hydrogen (secondary N) is 1. The summed E-state index contributed by atoms with van der Waals surface area (Å²) in [6.07, 6.45) is 3.93. The Balaban J connectivity index is 1.70. The van der Waals surface area contributed by atoms with E-state index in [4.69, 9.17) is 5.11 Å². The second-order valence-corrected chi connectivity index (χ2v) is 5.01. The first-order chi connectivity index (χ1) is 7.88. The molecule has 0 radical (unpaired) electrons. The molecular formula is C12H25N3O. The van der Waals surface area contributed by atoms with E-state index in [1.54, 1.807) is 0 Å². The Labute approximate surface area is 98.6 Å². The number of hydrogen-bond acceptors (Lipinski definition) is 4. The molecule has 2 rings (SSSR count). The van der Waals surface area contributed by atoms with E-state index in [9.17, 15) is 0 Å². The molecule has 1 atom stereocenters. The van der Waals surface area contributed by atoms with E-state index in [0.29, 0.717) is 6.61 Å². The first kappa shape index (κ1) is 12.3. The third-order valence-corrected chi connectivity index (χ3v) is 3.74. The van der Waals surface area contributed by atoms with Crippen LogP contribution >= 0.6 is 0 Å². The molecule has 2 N–H and O–H groups in total. The van der Waals surface area contributed by atoms with E-state index in [1.165, 1.54) is 38.9 Å². The van der Waals surface area contributed by atoms with Crippen LogP contribution in [0.4, 0.5) is 0 Å². The average molecular weight is 227 g/mol. The van der Waals surface area contributed by atoms with Gasteiger partial charge in [-0.3, -0.25) is 4.90 Å². The molecule has 2 fully saturated rings. The van der Waals surface area contributed by atoms with Crippen molar-refractivity contribution in [2.24, 2.45) is 0 Å². The van der Waals surface area contributed by atoms with Crippen molar-refractivity contribution in [1.29, 1.82) is 0 Å². The minimum atomic E-state index is 0.296. The lowest BCUT2D eigenvalue weighted by Crippen LogP contribution is -2.39. The van der Waals surface area contributed by atoms with Crippen molar-refractivity contribution in [3.8, 4) is 0 Å². The number of hydrogen-bond donors (Lipinski definition) is 2. The fraction of sp³-hybridized carbons (Fsp3) is 1.00. The molecule has 2 aliphatic rings. The third kappa shape index (κ3) is 3.70. The predicted octanol–water partition coefficient (Wildman–Crippen LogP) is -0.262. The van der Waals surface area contributed by atoms with Gasteiger partial charge in [0.05, 0.1) is 6.61 Å². The zero-order chi connectivity index (χ0) is 11.2. The van der Waals surface area contributed by atoms with Crippen LogP contribution in [0.2, 0.25) is 0 Å². The van der Waals surface area contributed by atoms with Gasteiger partial charge >= 0.3 is 0 Å². The molecule has 2 heterocycles. The Morgan fingerprint density at radius 2 is 1.88 bits per heavy atom. The zero-order valence-corrected chi connectivity index (χ0v) is 10.2. The number of aliphatic hydroxyl groups excluding tert-OH is 1. The van der Waals surface area contributed by atoms with Gasteiger partial charge in [-0.15, -0.1) is 0 Å². The summed E-state index contributed by atoms with van der Waals surface area (Å²) in [7, 11) is 0. The van der Waals surface area contributed by atoms with Crippen LogP contribution in [0.25, 0.3) is 0 Å². The van der Waals surface area contributed by atoms with Crippen molar-refractivity contribution in [1.82, 2.24) is 15.1 Å². The first-order valence-electron chi connectivity index (χ1n) is 6.67. The van der Waals surface area contributed by atoms with Crippen LogP contribution in [0.5, 0.6) is 0 Å². The van der Waals surface area contributed by atoms with E-state index in [2.05, 4.69) is 15.1 Å². The molecule has 0 aromatic carbocycles. The Bertz CT molecular complexity index is 195. The zero-order valence-electron chi connectivity index (χ0n) is 10.2. The van der Waals surface area contributed by atoms with Crippen LogP contribution < -0.4 is 5.32 Å². The summed E-state index contributed by atoms with van der Waals surface area (Å²) in [5, 5.41) is 12.5. The van der Waals surface area contributed by atoms with Crippen LogP contribution in [0.3, 0.4) is 0 Å². The predicted molar refractivity (Wildman–Crippen MR) is 65.6 cm³/mol. The maximum absolute atomic E-state index is 8.94. The topological polar surface area (TPSA) is 38.7 Å². The molecule has 16 heavy (non-hydrogen) atoms. The highest BCUT2D eigenvalue weighted by Gasteiger charge is 2.20. The summed E-state index contributed by atoms with van der Waals surface area (Å²) in [6, 6.07) is 0.726. The molecule has 0 spiro atoms. The van der Waals surface area contributed by atoms with Gasteiger partial charge in [-0.25, -0.2) is 0 Å². The summed E-state index contributed by atoms with van der Waals surface area (Å²) in [5.41, 5.74) is 0. The molecule has 0 bridgehead atoms. The van der Waals surface area contributed by atoms with Gasteiger partial charge in [0.25, 0.3) is 0 Å². The van der Waals surface area contributed by atoms with E-state index >= 15 is 0 Å². The molecular weight excluding hydrogens is 202 g/mol. The minimum absolute atomic E-state index is 0.296. The Hall–Kier alpha value is -0.160. The van der Waals surface area contributed by atoms with Crippen molar-refractivity contribution in [2.45, 2.75) is 25.3 Å². The molecule has 0 aromatic rings. The molecule has 4 heteroatoms. The smallest absolute Gasteiger partial charge is 0.0558 e. The Kier molecular flexibility index (Phi) is 5.03. The van der Waals surface area contributed by atoms with Gasteiger partial charge in [-0.2, -0.15) is 0 Å². The summed E-state index contributed by atoms with van der Waals surface area (Å²) >= 11 is 0. The molecule has 0 aliphatic carbocycles. The lowest BCUT2D eigenvalue weighted by molar-refractivity contribution is 0.194. The van der Waals surface area contributed by atoms with Crippen LogP contribution in [-0.2, 0) is 0 Å². The highest BCUT2D eigenvalue weighted by molar-refractivity contribution is 4.79. The quantitative estimate of drug-likeness (QED) is 0.694. The maximum atomic E-state index is 8.94. The van der Waals surface area contributed by atoms with Crippen LogP contribution in [0.1, 0.15) is 19.3 Å². The second-order valence-electron chi connectivity index (χ2n) is 5.01. The third-order valence-electron chi connectivity index (χ3n) is 3.74. The van der Waals surface area contributed by atoms with E-state index < -0.39 is 0 Å². The molecule has 0 amide bonds. The summed E-state index contributed by atoms with van der Waals surface area (Å²) in [5.74, 6) is 0. The van der Waals surface area contributed by atoms with E-state index in [0.717, 1.165) is 32.2 Å². The molecule has 1 unspecified atom stereocenters. The largest absolute Gasteiger partial charge is 0.395 e. The highest BCUT2D eigenvalue weighted by Crippen LogP contribution is 2.09. The molecule has 94 valence electrons. The van der Waals surface area contributed by atoms with E-state index in [1.807, 2.05) is 0 Å². The van der Waals surface area contributed by atoms with Crippen molar-refractivity contribution >= 4 is 0 Å². The highest BCUT2D eigenvalue weighted by atomic mass is 16.3. The van der Waals surface area contributed by atoms with Crippen molar-refractivity contribution in [3.05, 3.63) is 0 Å². The second kappa shape index (κ2) is 6.55. The fourth-order valence-electron chi connectivity index (χ4n) is 2.80. The summed E-state index contributed by atoms with van der Waals surface area (Å²) in [6.45, 7) is 8.21. The van der Waals surface area contributed by atoms with Crippen molar-refractivity contribution in [3.63, 3.8) is 0 Å². The van der Waals surface area contributed by atoms with Gasteiger partial charge < -0.3 is 15.3 Å². The average Bonchev–Trinajstić information content (AvgIpc) is 2.68. The Morgan fingerprint density at radius 1 is 1.06 bits per heavy atom. The monoisotopic (exact) mass is 227 g/mol. The lowest BCUT2D eigenvalue weighted by atomic mass is 10.2. The molecule has 0 aromatic heterocycles. The van der Waals surface area contributed by atoms with Gasteiger partial charge in [-0.1, -0.05) is 0 Å². The maximum Gasteiger partial charge on any atom is 0.0558 e. The molecule has 0 saturated carbocycles. The first-order valence-corrected chi connectivity index (χ1v) is 6.67. The summed E-state index contributed by atoms with van der Waals surface area (Å²) < 4.78 is 0. The number of nitrogens with zero attached hydrogens (tertiary/aromatic N) is 2. The van der Waals surface area contributed by atoms with Crippen LogP contribution in [0, 0.1) is 0 Å². The SMILES string of the molecule is OCCN1CCCN(CC2CCCN2)CC1. The van der Waals surface area contributed by atoms with Crippen molar-refractivity contribution < 1.29 is 5.11 Å². The van der Waals surface area contributed by atoms with Crippen LogP contribution in [0.15, 0.2) is 0 Å². The summed E-state index contributed by atoms with van der Waals surface area (Å²) in [4.78, 5) is 4.96. The van der Waals surface area contributed by atoms with Gasteiger partial charge in [0, 0.05) is 32.2 Å². The molecule has 4 nitrogen and oxygen atoms in total. The fourth-order valence-corrected chi connectivity index (χ4v) is 2.80. The molecule has 2 aliphatic heterocycles. The van der Waals surface area contributed by atoms with Crippen LogP contribution in [-0.4, -0.2) is 73.4 Å². The number of rotatable bonds is 4.